The Labute approximate surface area is 204 Å². The van der Waals surface area contributed by atoms with E-state index in [-0.39, 0.29) is 6.61 Å². The zero-order chi connectivity index (χ0) is 23.9. The van der Waals surface area contributed by atoms with E-state index in [4.69, 9.17) is 28.4 Å². The lowest BCUT2D eigenvalue weighted by Crippen LogP contribution is -2.65. The van der Waals surface area contributed by atoms with E-state index in [0.29, 0.717) is 19.8 Å². The van der Waals surface area contributed by atoms with E-state index in [2.05, 4.69) is 0 Å². The third kappa shape index (κ3) is 6.07. The van der Waals surface area contributed by atoms with Crippen LogP contribution in [0.15, 0.2) is 91.0 Å². The molecule has 35 heavy (non-hydrogen) atoms. The average molecular weight is 477 g/mol. The number of rotatable bonds is 10. The lowest BCUT2D eigenvalue weighted by Gasteiger charge is -2.47. The Hall–Kier alpha value is -3.23. The Morgan fingerprint density at radius 2 is 1.14 bits per heavy atom. The molecule has 0 aliphatic carbocycles. The molecule has 2 aliphatic rings. The van der Waals surface area contributed by atoms with E-state index >= 15 is 0 Å². The fraction of sp³-hybridized carbons (Fsp3) is 0.321. The van der Waals surface area contributed by atoms with E-state index < -0.39 is 36.9 Å². The van der Waals surface area contributed by atoms with E-state index in [1.165, 1.54) is 0 Å². The number of fused-ring (bicyclic) bond motifs is 2. The summed E-state index contributed by atoms with van der Waals surface area (Å²) in [5.41, 5.74) is 3.04. The van der Waals surface area contributed by atoms with E-state index in [0.717, 1.165) is 16.7 Å². The molecule has 3 aromatic carbocycles. The maximum Gasteiger partial charge on any atom is 0.511 e. The maximum atomic E-state index is 12.2. The molecule has 2 bridgehead atoms. The first-order valence-corrected chi connectivity index (χ1v) is 11.7. The van der Waals surface area contributed by atoms with Crippen molar-refractivity contribution in [2.24, 2.45) is 0 Å². The predicted octanol–water partition coefficient (Wildman–Crippen LogP) is 4.63. The van der Waals surface area contributed by atoms with Gasteiger partial charge in [-0.3, -0.25) is 0 Å². The summed E-state index contributed by atoms with van der Waals surface area (Å²) in [7, 11) is 0. The van der Waals surface area contributed by atoms with Gasteiger partial charge in [-0.15, -0.1) is 0 Å². The second kappa shape index (κ2) is 11.5. The molecule has 182 valence electrons. The summed E-state index contributed by atoms with van der Waals surface area (Å²) in [5, 5.41) is 0. The van der Waals surface area contributed by atoms with Gasteiger partial charge in [0.1, 0.15) is 12.2 Å². The molecule has 2 fully saturated rings. The van der Waals surface area contributed by atoms with Crippen molar-refractivity contribution in [3.8, 4) is 0 Å². The number of hydrogen-bond donors (Lipinski definition) is 0. The minimum absolute atomic E-state index is 0.244. The molecule has 0 saturated carbocycles. The summed E-state index contributed by atoms with van der Waals surface area (Å²) in [6.07, 6.45) is -4.16. The SMILES string of the molecule is O=C1O[C@H]2O[C@H](COCc3ccccc3)[C@@H](OCc3ccccc3)[C@@H](O1)[C@H]2OCc1ccccc1. The molecule has 0 amide bonds. The molecule has 3 aromatic rings. The van der Waals surface area contributed by atoms with Crippen molar-refractivity contribution in [3.05, 3.63) is 108 Å². The Morgan fingerprint density at radius 3 is 1.71 bits per heavy atom. The van der Waals surface area contributed by atoms with Gasteiger partial charge in [0.05, 0.1) is 26.4 Å². The van der Waals surface area contributed by atoms with Crippen LogP contribution in [0.1, 0.15) is 16.7 Å². The van der Waals surface area contributed by atoms with Crippen molar-refractivity contribution in [3.63, 3.8) is 0 Å². The lowest BCUT2D eigenvalue weighted by molar-refractivity contribution is -0.336. The zero-order valence-corrected chi connectivity index (χ0v) is 19.2. The molecular weight excluding hydrogens is 448 g/mol. The smallest absolute Gasteiger partial charge is 0.425 e. The first-order valence-electron chi connectivity index (χ1n) is 11.7. The third-order valence-corrected chi connectivity index (χ3v) is 6.00. The third-order valence-electron chi connectivity index (χ3n) is 6.00. The Morgan fingerprint density at radius 1 is 0.629 bits per heavy atom. The van der Waals surface area contributed by atoms with Crippen molar-refractivity contribution in [1.82, 2.24) is 0 Å². The van der Waals surface area contributed by atoms with E-state index in [1.807, 2.05) is 91.0 Å². The van der Waals surface area contributed by atoms with Crippen molar-refractivity contribution in [1.29, 1.82) is 0 Å². The highest BCUT2D eigenvalue weighted by Gasteiger charge is 2.54. The Bertz CT molecular complexity index is 1060. The van der Waals surface area contributed by atoms with Crippen LogP contribution in [-0.2, 0) is 48.2 Å². The number of carbonyl (C=O) groups is 1. The summed E-state index contributed by atoms with van der Waals surface area (Å²) in [6, 6.07) is 29.5. The van der Waals surface area contributed by atoms with Gasteiger partial charge in [-0.2, -0.15) is 0 Å². The van der Waals surface area contributed by atoms with Crippen molar-refractivity contribution >= 4 is 6.16 Å². The van der Waals surface area contributed by atoms with Crippen LogP contribution in [0, 0.1) is 0 Å². The minimum Gasteiger partial charge on any atom is -0.425 e. The van der Waals surface area contributed by atoms with Crippen LogP contribution in [0.2, 0.25) is 0 Å². The average Bonchev–Trinajstić information content (AvgIpc) is 2.89. The quantitative estimate of drug-likeness (QED) is 0.395. The van der Waals surface area contributed by atoms with Crippen LogP contribution in [0.25, 0.3) is 0 Å². The van der Waals surface area contributed by atoms with Crippen molar-refractivity contribution in [2.45, 2.75) is 50.5 Å². The van der Waals surface area contributed by atoms with Crippen LogP contribution in [0.4, 0.5) is 4.79 Å². The molecule has 0 aromatic heterocycles. The first-order chi connectivity index (χ1) is 17.3. The molecule has 2 heterocycles. The molecule has 0 N–H and O–H groups in total. The van der Waals surface area contributed by atoms with Gasteiger partial charge in [0.2, 0.25) is 6.29 Å². The van der Waals surface area contributed by atoms with E-state index in [1.54, 1.807) is 0 Å². The number of ether oxygens (including phenoxy) is 6. The Balaban J connectivity index is 1.30. The monoisotopic (exact) mass is 476 g/mol. The molecule has 7 heteroatoms. The highest BCUT2D eigenvalue weighted by Crippen LogP contribution is 2.34. The topological polar surface area (TPSA) is 72.5 Å². The highest BCUT2D eigenvalue weighted by atomic mass is 16.8. The highest BCUT2D eigenvalue weighted by molar-refractivity contribution is 5.61. The van der Waals surface area contributed by atoms with Crippen LogP contribution in [0.3, 0.4) is 0 Å². The van der Waals surface area contributed by atoms with Crippen LogP contribution in [0.5, 0.6) is 0 Å². The lowest BCUT2D eigenvalue weighted by atomic mass is 9.97. The standard InChI is InChI=1S/C28H28O7/c29-28-34-25-24(31-17-21-12-6-2-7-13-21)23(19-30-16-20-10-4-1-5-11-20)33-27(35-28)26(25)32-18-22-14-8-3-9-15-22/h1-15,23-27H,16-19H2/t23-,24-,25-,26-,27-/m1/s1. The van der Waals surface area contributed by atoms with Crippen molar-refractivity contribution in [2.75, 3.05) is 6.61 Å². The second-order valence-corrected chi connectivity index (χ2v) is 8.52. The molecule has 0 spiro atoms. The fourth-order valence-electron chi connectivity index (χ4n) is 4.25. The summed E-state index contributed by atoms with van der Waals surface area (Å²) in [6.45, 7) is 1.32. The van der Waals surface area contributed by atoms with Gasteiger partial charge in [0.15, 0.2) is 12.2 Å². The molecule has 7 nitrogen and oxygen atoms in total. The minimum atomic E-state index is -0.910. The summed E-state index contributed by atoms with van der Waals surface area (Å²) in [4.78, 5) is 12.2. The summed E-state index contributed by atoms with van der Waals surface area (Å²) < 4.78 is 35.5. The summed E-state index contributed by atoms with van der Waals surface area (Å²) >= 11 is 0. The largest absolute Gasteiger partial charge is 0.511 e. The predicted molar refractivity (Wildman–Crippen MR) is 126 cm³/mol. The van der Waals surface area contributed by atoms with E-state index in [9.17, 15) is 4.79 Å². The van der Waals surface area contributed by atoms with Gasteiger partial charge < -0.3 is 28.4 Å². The van der Waals surface area contributed by atoms with Crippen LogP contribution < -0.4 is 0 Å². The molecule has 5 atom stereocenters. The molecule has 2 aliphatic heterocycles. The molecule has 0 radical (unpaired) electrons. The van der Waals surface area contributed by atoms with Gasteiger partial charge >= 0.3 is 6.16 Å². The number of carbonyl (C=O) groups excluding carboxylic acids is 1. The molecular formula is C28H28O7. The maximum absolute atomic E-state index is 12.2. The zero-order valence-electron chi connectivity index (χ0n) is 19.2. The number of benzene rings is 3. The second-order valence-electron chi connectivity index (χ2n) is 8.52. The fourth-order valence-corrected chi connectivity index (χ4v) is 4.25. The van der Waals surface area contributed by atoms with Gasteiger partial charge in [-0.1, -0.05) is 91.0 Å². The van der Waals surface area contributed by atoms with Crippen molar-refractivity contribution < 1.29 is 33.2 Å². The molecule has 5 rings (SSSR count). The van der Waals surface area contributed by atoms with Gasteiger partial charge in [-0.05, 0) is 16.7 Å². The van der Waals surface area contributed by atoms with Gasteiger partial charge in [-0.25, -0.2) is 4.79 Å². The van der Waals surface area contributed by atoms with Gasteiger partial charge in [0, 0.05) is 0 Å². The number of hydrogen-bond acceptors (Lipinski definition) is 7. The first kappa shape index (κ1) is 23.5. The van der Waals surface area contributed by atoms with Gasteiger partial charge in [0.25, 0.3) is 0 Å². The molecule has 0 unspecified atom stereocenters. The summed E-state index contributed by atoms with van der Waals surface area (Å²) in [5.74, 6) is 0. The normalized spacial score (nSPS) is 25.5. The Kier molecular flexibility index (Phi) is 7.70. The molecule has 2 saturated heterocycles. The van der Waals surface area contributed by atoms with Crippen LogP contribution >= 0.6 is 0 Å². The van der Waals surface area contributed by atoms with Crippen LogP contribution in [-0.4, -0.2) is 43.5 Å².